The van der Waals surface area contributed by atoms with Gasteiger partial charge in [-0.2, -0.15) is 0 Å². The molecule has 1 heterocycles. The molecule has 21 heavy (non-hydrogen) atoms. The van der Waals surface area contributed by atoms with Gasteiger partial charge in [0.15, 0.2) is 0 Å². The maximum absolute atomic E-state index is 11.8. The van der Waals surface area contributed by atoms with E-state index in [0.29, 0.717) is 18.7 Å². The molecule has 4 heteroatoms. The average Bonchev–Trinajstić information content (AvgIpc) is 2.79. The van der Waals surface area contributed by atoms with Gasteiger partial charge in [-0.3, -0.25) is 4.79 Å². The van der Waals surface area contributed by atoms with E-state index in [1.165, 1.54) is 15.3 Å². The van der Waals surface area contributed by atoms with Crippen LogP contribution in [0.1, 0.15) is 60.9 Å². The molecular formula is C17H27NO2S. The third kappa shape index (κ3) is 4.30. The molecule has 0 bridgehead atoms. The number of nitrogens with one attached hydrogen (secondary N) is 1. The van der Waals surface area contributed by atoms with Gasteiger partial charge in [0.1, 0.15) is 0 Å². The molecule has 1 atom stereocenters. The van der Waals surface area contributed by atoms with E-state index in [-0.39, 0.29) is 11.9 Å². The summed E-state index contributed by atoms with van der Waals surface area (Å²) in [6.45, 7) is 8.97. The topological polar surface area (TPSA) is 38.3 Å². The Kier molecular flexibility index (Phi) is 5.82. The molecule has 0 amide bonds. The maximum Gasteiger partial charge on any atom is 0.308 e. The first kappa shape index (κ1) is 16.5. The SMILES string of the molecule is CCOC(=O)C1CCC(NC(C)c2cc(C)sc2C)CC1. The van der Waals surface area contributed by atoms with Crippen LogP contribution in [0.5, 0.6) is 0 Å². The largest absolute Gasteiger partial charge is 0.466 e. The summed E-state index contributed by atoms with van der Waals surface area (Å²) in [5.74, 6) is 0.108. The molecule has 0 aliphatic heterocycles. The number of ether oxygens (including phenoxy) is 1. The highest BCUT2D eigenvalue weighted by Crippen LogP contribution is 2.30. The van der Waals surface area contributed by atoms with E-state index < -0.39 is 0 Å². The minimum atomic E-state index is -0.00620. The molecule has 118 valence electrons. The fourth-order valence-corrected chi connectivity index (χ4v) is 4.30. The van der Waals surface area contributed by atoms with Gasteiger partial charge < -0.3 is 10.1 Å². The number of esters is 1. The van der Waals surface area contributed by atoms with E-state index in [4.69, 9.17) is 4.74 Å². The second-order valence-electron chi connectivity index (χ2n) is 6.06. The second kappa shape index (κ2) is 7.41. The van der Waals surface area contributed by atoms with E-state index >= 15 is 0 Å². The van der Waals surface area contributed by atoms with Crippen LogP contribution in [0.15, 0.2) is 6.07 Å². The molecule has 0 aromatic carbocycles. The van der Waals surface area contributed by atoms with Gasteiger partial charge in [0.25, 0.3) is 0 Å². The molecule has 1 N–H and O–H groups in total. The van der Waals surface area contributed by atoms with Gasteiger partial charge in [0, 0.05) is 21.8 Å². The van der Waals surface area contributed by atoms with Crippen LogP contribution in [0.2, 0.25) is 0 Å². The third-order valence-electron chi connectivity index (χ3n) is 4.38. The zero-order chi connectivity index (χ0) is 15.4. The van der Waals surface area contributed by atoms with E-state index in [1.807, 2.05) is 18.3 Å². The first-order valence-electron chi connectivity index (χ1n) is 8.00. The number of carbonyl (C=O) groups excluding carboxylic acids is 1. The molecule has 2 rings (SSSR count). The zero-order valence-corrected chi connectivity index (χ0v) is 14.4. The van der Waals surface area contributed by atoms with Crippen LogP contribution >= 0.6 is 11.3 Å². The summed E-state index contributed by atoms with van der Waals surface area (Å²) in [6.07, 6.45) is 4.03. The zero-order valence-electron chi connectivity index (χ0n) is 13.6. The molecule has 0 radical (unpaired) electrons. The highest BCUT2D eigenvalue weighted by molar-refractivity contribution is 7.12. The molecule has 0 saturated heterocycles. The summed E-state index contributed by atoms with van der Waals surface area (Å²) in [7, 11) is 0. The van der Waals surface area contributed by atoms with Crippen molar-refractivity contribution in [1.29, 1.82) is 0 Å². The molecule has 1 aliphatic carbocycles. The Balaban J connectivity index is 1.83. The average molecular weight is 309 g/mol. The van der Waals surface area contributed by atoms with Crippen LogP contribution in [0, 0.1) is 19.8 Å². The smallest absolute Gasteiger partial charge is 0.308 e. The quantitative estimate of drug-likeness (QED) is 0.831. The lowest BCUT2D eigenvalue weighted by atomic mass is 9.85. The number of carbonyl (C=O) groups is 1. The standard InChI is InChI=1S/C17H27NO2S/c1-5-20-17(19)14-6-8-15(9-7-14)18-12(3)16-10-11(2)21-13(16)4/h10,12,14-15,18H,5-9H2,1-4H3. The molecular weight excluding hydrogens is 282 g/mol. The molecule has 1 saturated carbocycles. The Bertz CT molecular complexity index is 475. The Morgan fingerprint density at radius 3 is 2.57 bits per heavy atom. The fraction of sp³-hybridized carbons (Fsp3) is 0.706. The summed E-state index contributed by atoms with van der Waals surface area (Å²) in [5, 5.41) is 3.74. The van der Waals surface area contributed by atoms with Crippen LogP contribution in [0.4, 0.5) is 0 Å². The molecule has 1 aromatic heterocycles. The normalized spacial score (nSPS) is 23.8. The number of hydrogen-bond acceptors (Lipinski definition) is 4. The van der Waals surface area contributed by atoms with Crippen LogP contribution in [0.25, 0.3) is 0 Å². The van der Waals surface area contributed by atoms with Crippen molar-refractivity contribution >= 4 is 17.3 Å². The molecule has 1 fully saturated rings. The first-order valence-corrected chi connectivity index (χ1v) is 8.82. The second-order valence-corrected chi connectivity index (χ2v) is 7.52. The van der Waals surface area contributed by atoms with E-state index in [1.54, 1.807) is 0 Å². The Hall–Kier alpha value is -0.870. The molecule has 1 aliphatic rings. The predicted octanol–water partition coefficient (Wildman–Crippen LogP) is 4.14. The summed E-state index contributed by atoms with van der Waals surface area (Å²) >= 11 is 1.87. The first-order chi connectivity index (χ1) is 10.0. The van der Waals surface area contributed by atoms with Crippen molar-refractivity contribution in [2.24, 2.45) is 5.92 Å². The van der Waals surface area contributed by atoms with Gasteiger partial charge in [0.2, 0.25) is 0 Å². The van der Waals surface area contributed by atoms with Gasteiger partial charge >= 0.3 is 5.97 Å². The summed E-state index contributed by atoms with van der Waals surface area (Å²) < 4.78 is 5.13. The van der Waals surface area contributed by atoms with Crippen molar-refractivity contribution in [3.05, 3.63) is 21.4 Å². The van der Waals surface area contributed by atoms with E-state index in [9.17, 15) is 4.79 Å². The van der Waals surface area contributed by atoms with E-state index in [2.05, 4.69) is 32.2 Å². The van der Waals surface area contributed by atoms with Crippen molar-refractivity contribution in [2.75, 3.05) is 6.61 Å². The monoisotopic (exact) mass is 309 g/mol. The summed E-state index contributed by atoms with van der Waals surface area (Å²) in [6, 6.07) is 3.20. The molecule has 1 aromatic rings. The van der Waals surface area contributed by atoms with E-state index in [0.717, 1.165) is 25.7 Å². The lowest BCUT2D eigenvalue weighted by molar-refractivity contribution is -0.149. The van der Waals surface area contributed by atoms with Gasteiger partial charge in [0.05, 0.1) is 12.5 Å². The Labute approximate surface area is 132 Å². The predicted molar refractivity (Wildman–Crippen MR) is 87.7 cm³/mol. The van der Waals surface area contributed by atoms with Gasteiger partial charge in [-0.15, -0.1) is 11.3 Å². The van der Waals surface area contributed by atoms with Crippen LogP contribution < -0.4 is 5.32 Å². The van der Waals surface area contributed by atoms with Crippen LogP contribution in [-0.4, -0.2) is 18.6 Å². The fourth-order valence-electron chi connectivity index (χ4n) is 3.28. The van der Waals surface area contributed by atoms with Gasteiger partial charge in [-0.25, -0.2) is 0 Å². The lowest BCUT2D eigenvalue weighted by Crippen LogP contribution is -2.36. The molecule has 3 nitrogen and oxygen atoms in total. The lowest BCUT2D eigenvalue weighted by Gasteiger charge is -2.30. The van der Waals surface area contributed by atoms with Crippen molar-refractivity contribution in [3.8, 4) is 0 Å². The summed E-state index contributed by atoms with van der Waals surface area (Å²) in [4.78, 5) is 14.5. The molecule has 1 unspecified atom stereocenters. The highest BCUT2D eigenvalue weighted by Gasteiger charge is 2.28. The minimum absolute atomic E-state index is 0.00620. The van der Waals surface area contributed by atoms with Crippen molar-refractivity contribution in [3.63, 3.8) is 0 Å². The Morgan fingerprint density at radius 1 is 1.38 bits per heavy atom. The maximum atomic E-state index is 11.8. The van der Waals surface area contributed by atoms with Gasteiger partial charge in [-0.1, -0.05) is 0 Å². The van der Waals surface area contributed by atoms with Crippen molar-refractivity contribution < 1.29 is 9.53 Å². The number of hydrogen-bond donors (Lipinski definition) is 1. The number of rotatable bonds is 5. The van der Waals surface area contributed by atoms with Crippen LogP contribution in [0.3, 0.4) is 0 Å². The minimum Gasteiger partial charge on any atom is -0.466 e. The van der Waals surface area contributed by atoms with Gasteiger partial charge in [-0.05, 0) is 65.0 Å². The van der Waals surface area contributed by atoms with Crippen LogP contribution in [-0.2, 0) is 9.53 Å². The number of aryl methyl sites for hydroxylation is 2. The Morgan fingerprint density at radius 2 is 2.05 bits per heavy atom. The highest BCUT2D eigenvalue weighted by atomic mass is 32.1. The number of thiophene rings is 1. The van der Waals surface area contributed by atoms with Crippen molar-refractivity contribution in [1.82, 2.24) is 5.32 Å². The summed E-state index contributed by atoms with van der Waals surface area (Å²) in [5.41, 5.74) is 1.42. The van der Waals surface area contributed by atoms with Crippen molar-refractivity contribution in [2.45, 2.75) is 65.5 Å². The third-order valence-corrected chi connectivity index (χ3v) is 5.36. The molecule has 0 spiro atoms.